The molecule has 7 nitrogen and oxygen atoms in total. The molecule has 188 valence electrons. The van der Waals surface area contributed by atoms with Crippen molar-refractivity contribution in [3.05, 3.63) is 72.5 Å². The Morgan fingerprint density at radius 1 is 1.14 bits per heavy atom. The van der Waals surface area contributed by atoms with Crippen molar-refractivity contribution in [2.75, 3.05) is 18.0 Å². The Bertz CT molecular complexity index is 1540. The van der Waals surface area contributed by atoms with Gasteiger partial charge in [0.1, 0.15) is 11.2 Å². The molecule has 1 saturated carbocycles. The van der Waals surface area contributed by atoms with Gasteiger partial charge in [0.25, 0.3) is 0 Å². The Balaban J connectivity index is 1.36. The molecule has 1 aliphatic carbocycles. The second-order valence-corrected chi connectivity index (χ2v) is 9.95. The molecule has 4 aromatic rings. The maximum Gasteiger partial charge on any atom is 0.227 e. The van der Waals surface area contributed by atoms with Crippen molar-refractivity contribution in [1.29, 1.82) is 0 Å². The van der Waals surface area contributed by atoms with E-state index in [1.807, 2.05) is 25.1 Å². The molecule has 0 spiro atoms. The van der Waals surface area contributed by atoms with E-state index in [-0.39, 0.29) is 11.8 Å². The number of allylic oxidation sites excluding steroid dienone is 4. The quantitative estimate of drug-likeness (QED) is 0.272. The van der Waals surface area contributed by atoms with Gasteiger partial charge in [0, 0.05) is 30.1 Å². The second-order valence-electron chi connectivity index (χ2n) is 9.95. The van der Waals surface area contributed by atoms with Crippen molar-refractivity contribution in [3.63, 3.8) is 0 Å². The largest absolute Gasteiger partial charge is 0.370 e. The van der Waals surface area contributed by atoms with Crippen molar-refractivity contribution in [3.8, 4) is 11.5 Å². The Labute approximate surface area is 216 Å². The summed E-state index contributed by atoms with van der Waals surface area (Å²) in [7, 11) is 0. The van der Waals surface area contributed by atoms with Gasteiger partial charge in [0.05, 0.1) is 16.7 Å². The summed E-state index contributed by atoms with van der Waals surface area (Å²) >= 11 is 0. The predicted molar refractivity (Wildman–Crippen MR) is 150 cm³/mol. The van der Waals surface area contributed by atoms with Gasteiger partial charge in [-0.25, -0.2) is 4.98 Å². The standard InChI is InChI=1S/C30H32N6O/c1-3-19(17-22(4-2)31-30(37)20-11-12-20)21-13-14-24-23(18-21)27(35-34-24)29-32-25-9-8-10-26(28(25)33-29)36-15-6-5-7-16-36/h3-4,8-10,13-14,17-18,20H,2,5-7,11-12,15-16H2,1H3,(H,31,37)(H,32,33)(H,34,35)/b19-3+,22-17+. The second kappa shape index (κ2) is 9.73. The number of imidazole rings is 1. The number of para-hydroxylation sites is 1. The molecule has 1 aliphatic heterocycles. The number of fused-ring (bicyclic) bond motifs is 2. The van der Waals surface area contributed by atoms with Crippen LogP contribution in [0.25, 0.3) is 39.0 Å². The Hall–Kier alpha value is -4.13. The third-order valence-corrected chi connectivity index (χ3v) is 7.37. The highest BCUT2D eigenvalue weighted by Gasteiger charge is 2.29. The number of nitrogens with zero attached hydrogens (tertiary/aromatic N) is 3. The monoisotopic (exact) mass is 492 g/mol. The van der Waals surface area contributed by atoms with E-state index >= 15 is 0 Å². The lowest BCUT2D eigenvalue weighted by Gasteiger charge is -2.28. The summed E-state index contributed by atoms with van der Waals surface area (Å²) in [6.07, 6.45) is 11.4. The molecule has 2 fully saturated rings. The average molecular weight is 493 g/mol. The minimum atomic E-state index is 0.0722. The summed E-state index contributed by atoms with van der Waals surface area (Å²) < 4.78 is 0. The van der Waals surface area contributed by atoms with E-state index in [1.54, 1.807) is 6.08 Å². The summed E-state index contributed by atoms with van der Waals surface area (Å²) in [5.41, 5.74) is 7.67. The average Bonchev–Trinajstić information content (AvgIpc) is 3.57. The molecule has 2 aromatic heterocycles. The van der Waals surface area contributed by atoms with Crippen molar-refractivity contribution in [2.24, 2.45) is 5.92 Å². The molecule has 0 radical (unpaired) electrons. The lowest BCUT2D eigenvalue weighted by atomic mass is 10.0. The zero-order chi connectivity index (χ0) is 25.4. The van der Waals surface area contributed by atoms with Crippen molar-refractivity contribution < 1.29 is 4.79 Å². The van der Waals surface area contributed by atoms with Gasteiger partial charge in [-0.1, -0.05) is 24.8 Å². The number of amides is 1. The highest BCUT2D eigenvalue weighted by molar-refractivity contribution is 5.97. The number of aromatic nitrogens is 4. The van der Waals surface area contributed by atoms with Crippen LogP contribution in [0.4, 0.5) is 5.69 Å². The first kappa shape index (κ1) is 23.3. The topological polar surface area (TPSA) is 89.7 Å². The highest BCUT2D eigenvalue weighted by Crippen LogP contribution is 2.33. The molecule has 6 rings (SSSR count). The fourth-order valence-electron chi connectivity index (χ4n) is 5.13. The van der Waals surface area contributed by atoms with Crippen LogP contribution >= 0.6 is 0 Å². The fraction of sp³-hybridized carbons (Fsp3) is 0.300. The van der Waals surface area contributed by atoms with Crippen LogP contribution in [-0.2, 0) is 4.79 Å². The number of aromatic amines is 2. The van der Waals surface area contributed by atoms with E-state index in [2.05, 4.69) is 62.3 Å². The maximum absolute atomic E-state index is 12.3. The number of rotatable bonds is 7. The summed E-state index contributed by atoms with van der Waals surface area (Å²) in [6, 6.07) is 12.6. The van der Waals surface area contributed by atoms with Gasteiger partial charge in [-0.3, -0.25) is 9.89 Å². The molecule has 3 heterocycles. The smallest absolute Gasteiger partial charge is 0.227 e. The molecule has 0 unspecified atom stereocenters. The van der Waals surface area contributed by atoms with Gasteiger partial charge < -0.3 is 15.2 Å². The van der Waals surface area contributed by atoms with Crippen LogP contribution in [0.3, 0.4) is 0 Å². The van der Waals surface area contributed by atoms with Crippen LogP contribution in [0.1, 0.15) is 44.6 Å². The zero-order valence-corrected chi connectivity index (χ0v) is 21.2. The highest BCUT2D eigenvalue weighted by atomic mass is 16.2. The minimum absolute atomic E-state index is 0.0722. The number of carbonyl (C=O) groups is 1. The van der Waals surface area contributed by atoms with Crippen LogP contribution in [0.15, 0.2) is 66.9 Å². The summed E-state index contributed by atoms with van der Waals surface area (Å²) in [5, 5.41) is 11.8. The van der Waals surface area contributed by atoms with Gasteiger partial charge in [0.15, 0.2) is 5.82 Å². The molecule has 3 N–H and O–H groups in total. The molecule has 2 aliphatic rings. The molecule has 37 heavy (non-hydrogen) atoms. The first-order valence-electron chi connectivity index (χ1n) is 13.2. The molecular weight excluding hydrogens is 460 g/mol. The molecular formula is C30H32N6O. The van der Waals surface area contributed by atoms with E-state index < -0.39 is 0 Å². The number of hydrogen-bond acceptors (Lipinski definition) is 4. The zero-order valence-electron chi connectivity index (χ0n) is 21.2. The van der Waals surface area contributed by atoms with Crippen LogP contribution < -0.4 is 10.2 Å². The number of anilines is 1. The van der Waals surface area contributed by atoms with Crippen LogP contribution in [0, 0.1) is 5.92 Å². The lowest BCUT2D eigenvalue weighted by Crippen LogP contribution is -2.29. The van der Waals surface area contributed by atoms with Crippen molar-refractivity contribution in [2.45, 2.75) is 39.0 Å². The number of piperidine rings is 1. The normalized spacial score (nSPS) is 16.9. The molecule has 0 bridgehead atoms. The number of nitrogens with one attached hydrogen (secondary N) is 3. The Kier molecular flexibility index (Phi) is 6.12. The fourth-order valence-corrected chi connectivity index (χ4v) is 5.13. The van der Waals surface area contributed by atoms with E-state index in [9.17, 15) is 4.79 Å². The van der Waals surface area contributed by atoms with Gasteiger partial charge in [0.2, 0.25) is 5.91 Å². The van der Waals surface area contributed by atoms with E-state index in [0.29, 0.717) is 5.70 Å². The number of carbonyl (C=O) groups excluding carboxylic acids is 1. The molecule has 7 heteroatoms. The van der Waals surface area contributed by atoms with E-state index in [4.69, 9.17) is 4.98 Å². The summed E-state index contributed by atoms with van der Waals surface area (Å²) in [6.45, 7) is 8.03. The van der Waals surface area contributed by atoms with Crippen LogP contribution in [0.5, 0.6) is 0 Å². The van der Waals surface area contributed by atoms with Gasteiger partial charge in [-0.2, -0.15) is 5.10 Å². The van der Waals surface area contributed by atoms with Gasteiger partial charge in [-0.05, 0) is 86.6 Å². The number of benzene rings is 2. The summed E-state index contributed by atoms with van der Waals surface area (Å²) in [4.78, 5) is 23.3. The lowest BCUT2D eigenvalue weighted by molar-refractivity contribution is -0.121. The first-order chi connectivity index (χ1) is 18.1. The summed E-state index contributed by atoms with van der Waals surface area (Å²) in [5.74, 6) is 0.966. The van der Waals surface area contributed by atoms with E-state index in [0.717, 1.165) is 70.5 Å². The SMILES string of the molecule is C=C/C(=C\C(=C/C)c1ccc2[nH]nc(-c3nc4c(N5CCCCC5)cccc4[nH]3)c2c1)NC(=O)C1CC1. The molecule has 1 saturated heterocycles. The van der Waals surface area contributed by atoms with Crippen LogP contribution in [0.2, 0.25) is 0 Å². The van der Waals surface area contributed by atoms with Gasteiger partial charge >= 0.3 is 0 Å². The predicted octanol–water partition coefficient (Wildman–Crippen LogP) is 6.10. The van der Waals surface area contributed by atoms with Crippen molar-refractivity contribution in [1.82, 2.24) is 25.5 Å². The Morgan fingerprint density at radius 3 is 2.73 bits per heavy atom. The van der Waals surface area contributed by atoms with E-state index in [1.165, 1.54) is 24.9 Å². The minimum Gasteiger partial charge on any atom is -0.370 e. The first-order valence-corrected chi connectivity index (χ1v) is 13.2. The van der Waals surface area contributed by atoms with Crippen LogP contribution in [-0.4, -0.2) is 39.2 Å². The third kappa shape index (κ3) is 4.57. The molecule has 0 atom stereocenters. The maximum atomic E-state index is 12.3. The number of hydrogen-bond donors (Lipinski definition) is 3. The van der Waals surface area contributed by atoms with Crippen molar-refractivity contribution >= 4 is 39.1 Å². The molecule has 2 aromatic carbocycles. The third-order valence-electron chi connectivity index (χ3n) is 7.37. The molecule has 1 amide bonds. The Morgan fingerprint density at radius 2 is 1.97 bits per heavy atom. The number of H-pyrrole nitrogens is 2. The van der Waals surface area contributed by atoms with Gasteiger partial charge in [-0.15, -0.1) is 0 Å².